The molecule has 0 bridgehead atoms. The van der Waals surface area contributed by atoms with E-state index in [0.717, 1.165) is 52.9 Å². The molecule has 2 heterocycles. The fourth-order valence-corrected chi connectivity index (χ4v) is 5.48. The monoisotopic (exact) mass is 450 g/mol. The number of hydrogen-bond acceptors (Lipinski definition) is 7. The molecule has 3 aromatic rings. The van der Waals surface area contributed by atoms with Crippen LogP contribution in [0.25, 0.3) is 11.4 Å². The summed E-state index contributed by atoms with van der Waals surface area (Å²) in [5.74, 6) is 0. The third kappa shape index (κ3) is 6.08. The van der Waals surface area contributed by atoms with E-state index in [1.165, 1.54) is 4.88 Å². The molecule has 0 fully saturated rings. The lowest BCUT2D eigenvalue weighted by atomic mass is 10.2. The Balaban J connectivity index is 1.35. The van der Waals surface area contributed by atoms with E-state index in [-0.39, 0.29) is 0 Å². The molecule has 156 valence electrons. The van der Waals surface area contributed by atoms with Crippen LogP contribution < -0.4 is 10.0 Å². The molecule has 2 N–H and O–H groups in total. The molecule has 6 nitrogen and oxygen atoms in total. The molecule has 1 aromatic carbocycles. The number of anilines is 1. The highest BCUT2D eigenvalue weighted by Gasteiger charge is 2.13. The zero-order chi connectivity index (χ0) is 20.9. The number of aromatic nitrogens is 2. The van der Waals surface area contributed by atoms with Crippen molar-refractivity contribution in [1.29, 1.82) is 0 Å². The second-order valence-corrected chi connectivity index (χ2v) is 10.9. The van der Waals surface area contributed by atoms with Crippen molar-refractivity contribution >= 4 is 37.8 Å². The Kier molecular flexibility index (Phi) is 7.39. The van der Waals surface area contributed by atoms with Crippen LogP contribution in [0.5, 0.6) is 0 Å². The Labute approximate surface area is 180 Å². The van der Waals surface area contributed by atoms with Crippen molar-refractivity contribution in [3.63, 3.8) is 0 Å². The maximum absolute atomic E-state index is 12.2. The highest BCUT2D eigenvalue weighted by atomic mass is 32.2. The third-order valence-electron chi connectivity index (χ3n) is 4.40. The third-order valence-corrected chi connectivity index (χ3v) is 7.57. The summed E-state index contributed by atoms with van der Waals surface area (Å²) >= 11 is 3.27. The van der Waals surface area contributed by atoms with Gasteiger partial charge >= 0.3 is 0 Å². The predicted molar refractivity (Wildman–Crippen MR) is 121 cm³/mol. The molecule has 0 atom stereocenters. The lowest BCUT2D eigenvalue weighted by molar-refractivity contribution is 0.575. The topological polar surface area (TPSA) is 84.0 Å². The van der Waals surface area contributed by atoms with Crippen molar-refractivity contribution in [2.24, 2.45) is 0 Å². The van der Waals surface area contributed by atoms with E-state index >= 15 is 0 Å². The van der Waals surface area contributed by atoms with Gasteiger partial charge in [0.25, 0.3) is 0 Å². The maximum Gasteiger partial charge on any atom is 0.240 e. The van der Waals surface area contributed by atoms with Crippen LogP contribution in [-0.4, -0.2) is 31.5 Å². The summed E-state index contributed by atoms with van der Waals surface area (Å²) in [5, 5.41) is 7.32. The van der Waals surface area contributed by atoms with Gasteiger partial charge in [-0.1, -0.05) is 24.1 Å². The normalized spacial score (nSPS) is 11.7. The van der Waals surface area contributed by atoms with Gasteiger partial charge in [0.1, 0.15) is 11.4 Å². The first-order valence-corrected chi connectivity index (χ1v) is 12.7. The van der Waals surface area contributed by atoms with E-state index in [4.69, 9.17) is 0 Å². The van der Waals surface area contributed by atoms with Crippen LogP contribution in [0.2, 0.25) is 0 Å². The van der Waals surface area contributed by atoms with Crippen LogP contribution >= 0.6 is 22.7 Å². The minimum Gasteiger partial charge on any atom is -0.362 e. The molecule has 2 aromatic heterocycles. The number of rotatable bonds is 10. The minimum absolute atomic E-state index is 0.315. The second kappa shape index (κ2) is 9.80. The molecule has 0 spiro atoms. The molecule has 29 heavy (non-hydrogen) atoms. The summed E-state index contributed by atoms with van der Waals surface area (Å²) in [6.45, 7) is 7.27. The number of aryl methyl sites for hydroxylation is 3. The van der Waals surface area contributed by atoms with Gasteiger partial charge in [-0.25, -0.2) is 23.1 Å². The zero-order valence-corrected chi connectivity index (χ0v) is 19.3. The molecule has 3 rings (SSSR count). The van der Waals surface area contributed by atoms with Crippen LogP contribution in [-0.2, 0) is 10.0 Å². The molecule has 0 saturated carbocycles. The van der Waals surface area contributed by atoms with Gasteiger partial charge in [0, 0.05) is 23.3 Å². The predicted octanol–water partition coefficient (Wildman–Crippen LogP) is 4.75. The molecular weight excluding hydrogens is 424 g/mol. The van der Waals surface area contributed by atoms with Crippen molar-refractivity contribution in [2.45, 2.75) is 44.9 Å². The standard InChI is InChI=1S/C20H26N4O2S3/c1-14-7-9-17(10-8-14)29(25,26)22-12-6-4-5-11-21-20-24-18(13-27-20)19-15(2)28-16(3)23-19/h7-10,13,22H,4-6,11-12H2,1-3H3,(H,21,24). The largest absolute Gasteiger partial charge is 0.362 e. The molecule has 0 radical (unpaired) electrons. The Morgan fingerprint density at radius 1 is 0.966 bits per heavy atom. The molecule has 0 aliphatic heterocycles. The average Bonchev–Trinajstić information content (AvgIpc) is 3.27. The summed E-state index contributed by atoms with van der Waals surface area (Å²) in [5.41, 5.74) is 2.93. The smallest absolute Gasteiger partial charge is 0.240 e. The summed E-state index contributed by atoms with van der Waals surface area (Å²) in [6.07, 6.45) is 2.69. The van der Waals surface area contributed by atoms with Crippen molar-refractivity contribution in [1.82, 2.24) is 14.7 Å². The highest BCUT2D eigenvalue weighted by molar-refractivity contribution is 7.89. The van der Waals surface area contributed by atoms with Gasteiger partial charge in [0.2, 0.25) is 10.0 Å². The number of benzene rings is 1. The fraction of sp³-hybridized carbons (Fsp3) is 0.400. The van der Waals surface area contributed by atoms with E-state index in [9.17, 15) is 8.42 Å². The van der Waals surface area contributed by atoms with Crippen LogP contribution in [0, 0.1) is 20.8 Å². The summed E-state index contributed by atoms with van der Waals surface area (Å²) < 4.78 is 27.1. The number of hydrogen-bond donors (Lipinski definition) is 2. The van der Waals surface area contributed by atoms with Gasteiger partial charge in [-0.15, -0.1) is 22.7 Å². The van der Waals surface area contributed by atoms with Gasteiger partial charge in [-0.05, 0) is 45.7 Å². The number of nitrogens with zero attached hydrogens (tertiary/aromatic N) is 2. The van der Waals surface area contributed by atoms with Crippen LogP contribution in [0.3, 0.4) is 0 Å². The number of nitrogens with one attached hydrogen (secondary N) is 2. The van der Waals surface area contributed by atoms with Crippen molar-refractivity contribution < 1.29 is 8.42 Å². The molecule has 0 aliphatic rings. The Bertz CT molecular complexity index is 1040. The first kappa shape index (κ1) is 21.9. The highest BCUT2D eigenvalue weighted by Crippen LogP contribution is 2.29. The number of sulfonamides is 1. The van der Waals surface area contributed by atoms with Crippen molar-refractivity contribution in [3.05, 3.63) is 45.1 Å². The van der Waals surface area contributed by atoms with Crippen LogP contribution in [0.15, 0.2) is 34.5 Å². The lowest BCUT2D eigenvalue weighted by Crippen LogP contribution is -2.24. The quantitative estimate of drug-likeness (QED) is 0.435. The van der Waals surface area contributed by atoms with E-state index in [1.807, 2.05) is 19.2 Å². The lowest BCUT2D eigenvalue weighted by Gasteiger charge is -2.07. The zero-order valence-electron chi connectivity index (χ0n) is 16.9. The van der Waals surface area contributed by atoms with Crippen molar-refractivity contribution in [3.8, 4) is 11.4 Å². The Morgan fingerprint density at radius 3 is 2.38 bits per heavy atom. The van der Waals surface area contributed by atoms with E-state index in [1.54, 1.807) is 46.9 Å². The molecule has 0 amide bonds. The second-order valence-electron chi connectivity index (χ2n) is 6.87. The summed E-state index contributed by atoms with van der Waals surface area (Å²) in [4.78, 5) is 10.7. The first-order chi connectivity index (χ1) is 13.8. The van der Waals surface area contributed by atoms with E-state index in [2.05, 4.69) is 26.9 Å². The molecule has 0 unspecified atom stereocenters. The van der Waals surface area contributed by atoms with Gasteiger partial charge in [0.15, 0.2) is 5.13 Å². The van der Waals surface area contributed by atoms with Gasteiger partial charge in [-0.3, -0.25) is 0 Å². The maximum atomic E-state index is 12.2. The van der Waals surface area contributed by atoms with Gasteiger partial charge < -0.3 is 5.32 Å². The molecule has 0 saturated heterocycles. The van der Waals surface area contributed by atoms with E-state index in [0.29, 0.717) is 11.4 Å². The number of thiazole rings is 2. The van der Waals surface area contributed by atoms with Gasteiger partial charge in [-0.2, -0.15) is 0 Å². The van der Waals surface area contributed by atoms with Gasteiger partial charge in [0.05, 0.1) is 9.90 Å². The molecular formula is C20H26N4O2S3. The van der Waals surface area contributed by atoms with Crippen molar-refractivity contribution in [2.75, 3.05) is 18.4 Å². The Morgan fingerprint density at radius 2 is 1.69 bits per heavy atom. The van der Waals surface area contributed by atoms with Crippen LogP contribution in [0.1, 0.15) is 34.7 Å². The minimum atomic E-state index is -3.42. The first-order valence-electron chi connectivity index (χ1n) is 9.55. The SMILES string of the molecule is Cc1ccc(S(=O)(=O)NCCCCCNc2nc(-c3nc(C)sc3C)cs2)cc1. The van der Waals surface area contributed by atoms with Crippen LogP contribution in [0.4, 0.5) is 5.13 Å². The summed E-state index contributed by atoms with van der Waals surface area (Å²) in [7, 11) is -3.42. The molecule has 0 aliphatic carbocycles. The summed E-state index contributed by atoms with van der Waals surface area (Å²) in [6, 6.07) is 6.89. The number of unbranched alkanes of at least 4 members (excludes halogenated alkanes) is 2. The Hall–Kier alpha value is -1.81. The average molecular weight is 451 g/mol. The molecule has 9 heteroatoms. The van der Waals surface area contributed by atoms with E-state index < -0.39 is 10.0 Å². The fourth-order valence-electron chi connectivity index (χ4n) is 2.86.